The lowest BCUT2D eigenvalue weighted by Gasteiger charge is -2.01. The Kier molecular flexibility index (Phi) is 3.69. The minimum absolute atomic E-state index is 0.430. The fourth-order valence-electron chi connectivity index (χ4n) is 1.04. The molecular weight excluding hydrogens is 158 g/mol. The Morgan fingerprint density at radius 2 is 2.08 bits per heavy atom. The summed E-state index contributed by atoms with van der Waals surface area (Å²) in [5.41, 5.74) is 2.51. The summed E-state index contributed by atoms with van der Waals surface area (Å²) >= 11 is 0. The molecule has 0 bridgehead atoms. The molecule has 1 aromatic rings. The first-order chi connectivity index (χ1) is 6.24. The van der Waals surface area contributed by atoms with Gasteiger partial charge in [0.1, 0.15) is 0 Å². The van der Waals surface area contributed by atoms with Crippen molar-refractivity contribution >= 4 is 6.21 Å². The van der Waals surface area contributed by atoms with Crippen molar-refractivity contribution in [2.45, 2.75) is 33.2 Å². The molecule has 0 fully saturated rings. The molecule has 0 aliphatic heterocycles. The minimum atomic E-state index is 0.430. The first-order valence-corrected chi connectivity index (χ1v) is 4.83. The van der Waals surface area contributed by atoms with Crippen molar-refractivity contribution in [1.29, 1.82) is 0 Å². The van der Waals surface area contributed by atoms with Gasteiger partial charge in [-0.2, -0.15) is 0 Å². The molecule has 1 aromatic carbocycles. The van der Waals surface area contributed by atoms with Crippen LogP contribution < -0.4 is 0 Å². The second-order valence-electron chi connectivity index (χ2n) is 3.39. The van der Waals surface area contributed by atoms with Gasteiger partial charge in [-0.1, -0.05) is 31.2 Å². The summed E-state index contributed by atoms with van der Waals surface area (Å²) in [6, 6.07) is 8.74. The topological polar surface area (TPSA) is 12.4 Å². The van der Waals surface area contributed by atoms with E-state index in [4.69, 9.17) is 0 Å². The third-order valence-electron chi connectivity index (χ3n) is 2.25. The summed E-state index contributed by atoms with van der Waals surface area (Å²) in [5, 5.41) is 0. The van der Waals surface area contributed by atoms with E-state index in [2.05, 4.69) is 44.0 Å². The zero-order chi connectivity index (χ0) is 9.68. The van der Waals surface area contributed by atoms with Crippen LogP contribution in [0.2, 0.25) is 0 Å². The first kappa shape index (κ1) is 9.97. The van der Waals surface area contributed by atoms with Gasteiger partial charge in [0, 0.05) is 12.3 Å². The van der Waals surface area contributed by atoms with Gasteiger partial charge in [-0.3, -0.25) is 4.99 Å². The largest absolute Gasteiger partial charge is 0.290 e. The second kappa shape index (κ2) is 4.80. The standard InChI is InChI=1S/C12H17N/c1-4-11(3)13-9-12-8-6-5-7-10(12)2/h5-9,11H,4H2,1-3H3/b13-9+. The van der Waals surface area contributed by atoms with Crippen LogP contribution in [0.4, 0.5) is 0 Å². The Labute approximate surface area is 80.5 Å². The number of aliphatic imine (C=N–C) groups is 1. The van der Waals surface area contributed by atoms with Crippen LogP contribution in [0.1, 0.15) is 31.4 Å². The normalized spacial score (nSPS) is 13.5. The molecule has 0 aliphatic rings. The van der Waals surface area contributed by atoms with E-state index in [0.717, 1.165) is 6.42 Å². The van der Waals surface area contributed by atoms with Gasteiger partial charge >= 0.3 is 0 Å². The van der Waals surface area contributed by atoms with Crippen molar-refractivity contribution in [3.05, 3.63) is 35.4 Å². The van der Waals surface area contributed by atoms with Gasteiger partial charge in [0.05, 0.1) is 0 Å². The molecule has 0 N–H and O–H groups in total. The maximum Gasteiger partial charge on any atom is 0.0469 e. The maximum atomic E-state index is 4.45. The summed E-state index contributed by atoms with van der Waals surface area (Å²) in [6.07, 6.45) is 3.08. The molecule has 0 saturated heterocycles. The van der Waals surface area contributed by atoms with Gasteiger partial charge in [-0.15, -0.1) is 0 Å². The Morgan fingerprint density at radius 3 is 2.69 bits per heavy atom. The molecule has 0 heterocycles. The van der Waals surface area contributed by atoms with E-state index in [1.54, 1.807) is 0 Å². The van der Waals surface area contributed by atoms with Crippen molar-refractivity contribution in [3.8, 4) is 0 Å². The highest BCUT2D eigenvalue weighted by molar-refractivity contribution is 5.81. The molecule has 0 spiro atoms. The van der Waals surface area contributed by atoms with E-state index in [1.807, 2.05) is 12.3 Å². The number of aryl methyl sites for hydroxylation is 1. The number of benzene rings is 1. The number of rotatable bonds is 3. The molecule has 0 saturated carbocycles. The highest BCUT2D eigenvalue weighted by atomic mass is 14.7. The molecule has 1 heteroatoms. The fourth-order valence-corrected chi connectivity index (χ4v) is 1.04. The van der Waals surface area contributed by atoms with Crippen molar-refractivity contribution < 1.29 is 0 Å². The summed E-state index contributed by atoms with van der Waals surface area (Å²) in [4.78, 5) is 4.45. The summed E-state index contributed by atoms with van der Waals surface area (Å²) in [5.74, 6) is 0. The van der Waals surface area contributed by atoms with Crippen LogP contribution in [-0.4, -0.2) is 12.3 Å². The van der Waals surface area contributed by atoms with E-state index in [1.165, 1.54) is 11.1 Å². The molecule has 13 heavy (non-hydrogen) atoms. The van der Waals surface area contributed by atoms with Gasteiger partial charge in [-0.05, 0) is 31.4 Å². The number of hydrogen-bond donors (Lipinski definition) is 0. The molecule has 1 nitrogen and oxygen atoms in total. The summed E-state index contributed by atoms with van der Waals surface area (Å²) in [6.45, 7) is 6.40. The van der Waals surface area contributed by atoms with Crippen molar-refractivity contribution in [3.63, 3.8) is 0 Å². The molecule has 70 valence electrons. The van der Waals surface area contributed by atoms with Crippen LogP contribution in [0.25, 0.3) is 0 Å². The molecule has 1 rings (SSSR count). The average Bonchev–Trinajstić information content (AvgIpc) is 2.16. The predicted octanol–water partition coefficient (Wildman–Crippen LogP) is 3.21. The van der Waals surface area contributed by atoms with Gasteiger partial charge in [-0.25, -0.2) is 0 Å². The smallest absolute Gasteiger partial charge is 0.0469 e. The van der Waals surface area contributed by atoms with E-state index in [-0.39, 0.29) is 0 Å². The Bertz CT molecular complexity index is 289. The monoisotopic (exact) mass is 175 g/mol. The summed E-state index contributed by atoms with van der Waals surface area (Å²) < 4.78 is 0. The Hall–Kier alpha value is -1.11. The van der Waals surface area contributed by atoms with Crippen LogP contribution >= 0.6 is 0 Å². The van der Waals surface area contributed by atoms with Gasteiger partial charge < -0.3 is 0 Å². The van der Waals surface area contributed by atoms with Crippen LogP contribution in [-0.2, 0) is 0 Å². The zero-order valence-corrected chi connectivity index (χ0v) is 8.62. The van der Waals surface area contributed by atoms with Crippen molar-refractivity contribution in [2.75, 3.05) is 0 Å². The van der Waals surface area contributed by atoms with E-state index >= 15 is 0 Å². The van der Waals surface area contributed by atoms with Crippen LogP contribution in [0.5, 0.6) is 0 Å². The molecule has 0 aromatic heterocycles. The van der Waals surface area contributed by atoms with Gasteiger partial charge in [0.15, 0.2) is 0 Å². The number of hydrogen-bond acceptors (Lipinski definition) is 1. The third-order valence-corrected chi connectivity index (χ3v) is 2.25. The second-order valence-corrected chi connectivity index (χ2v) is 3.39. The third kappa shape index (κ3) is 3.02. The van der Waals surface area contributed by atoms with E-state index in [0.29, 0.717) is 6.04 Å². The predicted molar refractivity (Wildman–Crippen MR) is 58.5 cm³/mol. The molecule has 0 aliphatic carbocycles. The zero-order valence-electron chi connectivity index (χ0n) is 8.62. The lowest BCUT2D eigenvalue weighted by molar-refractivity contribution is 0.720. The van der Waals surface area contributed by atoms with Crippen LogP contribution in [0.15, 0.2) is 29.3 Å². The highest BCUT2D eigenvalue weighted by Crippen LogP contribution is 2.04. The molecule has 1 unspecified atom stereocenters. The Balaban J connectivity index is 2.74. The summed E-state index contributed by atoms with van der Waals surface area (Å²) in [7, 11) is 0. The van der Waals surface area contributed by atoms with Gasteiger partial charge in [0.25, 0.3) is 0 Å². The van der Waals surface area contributed by atoms with E-state index in [9.17, 15) is 0 Å². The molecule has 0 radical (unpaired) electrons. The quantitative estimate of drug-likeness (QED) is 0.625. The number of nitrogens with zero attached hydrogens (tertiary/aromatic N) is 1. The lowest BCUT2D eigenvalue weighted by atomic mass is 10.1. The molecular formula is C12H17N. The average molecular weight is 175 g/mol. The van der Waals surface area contributed by atoms with Crippen LogP contribution in [0, 0.1) is 6.92 Å². The maximum absolute atomic E-state index is 4.45. The van der Waals surface area contributed by atoms with Crippen molar-refractivity contribution in [2.24, 2.45) is 4.99 Å². The van der Waals surface area contributed by atoms with Gasteiger partial charge in [0.2, 0.25) is 0 Å². The van der Waals surface area contributed by atoms with Crippen LogP contribution in [0.3, 0.4) is 0 Å². The highest BCUT2D eigenvalue weighted by Gasteiger charge is 1.94. The SMILES string of the molecule is CCC(C)/N=C/c1ccccc1C. The Morgan fingerprint density at radius 1 is 1.38 bits per heavy atom. The fraction of sp³-hybridized carbons (Fsp3) is 0.417. The van der Waals surface area contributed by atoms with Crippen molar-refractivity contribution in [1.82, 2.24) is 0 Å². The lowest BCUT2D eigenvalue weighted by Crippen LogP contribution is -1.96. The first-order valence-electron chi connectivity index (χ1n) is 4.83. The molecule has 1 atom stereocenters. The van der Waals surface area contributed by atoms with E-state index < -0.39 is 0 Å². The minimum Gasteiger partial charge on any atom is -0.290 e. The molecule has 0 amide bonds.